The van der Waals surface area contributed by atoms with E-state index in [2.05, 4.69) is 200 Å². The predicted molar refractivity (Wildman–Crippen MR) is 220 cm³/mol. The van der Waals surface area contributed by atoms with Crippen molar-refractivity contribution in [1.82, 2.24) is 0 Å². The van der Waals surface area contributed by atoms with E-state index in [1.807, 2.05) is 0 Å². The van der Waals surface area contributed by atoms with Crippen molar-refractivity contribution >= 4 is 5.57 Å². The predicted octanol–water partition coefficient (Wildman–Crippen LogP) is 14.1. The van der Waals surface area contributed by atoms with Gasteiger partial charge >= 0.3 is 0 Å². The second-order valence-electron chi connectivity index (χ2n) is 18.9. The summed E-state index contributed by atoms with van der Waals surface area (Å²) >= 11 is 0. The molecule has 0 aromatic heterocycles. The van der Waals surface area contributed by atoms with Gasteiger partial charge in [-0.15, -0.1) is 0 Å². The molecule has 0 heterocycles. The summed E-state index contributed by atoms with van der Waals surface area (Å²) in [7, 11) is 0. The summed E-state index contributed by atoms with van der Waals surface area (Å²) in [5.74, 6) is 0.112. The molecule has 0 spiro atoms. The van der Waals surface area contributed by atoms with Crippen molar-refractivity contribution in [3.05, 3.63) is 170 Å². The first-order chi connectivity index (χ1) is 23.1. The molecule has 0 N–H and O–H groups in total. The summed E-state index contributed by atoms with van der Waals surface area (Å²) < 4.78 is 0. The average molecular weight is 663 g/mol. The number of benzene rings is 4. The molecule has 0 heteroatoms. The van der Waals surface area contributed by atoms with E-state index >= 15 is 0 Å². The highest BCUT2D eigenvalue weighted by molar-refractivity contribution is 5.86. The summed E-state index contributed by atoms with van der Waals surface area (Å²) in [5, 5.41) is 0. The fourth-order valence-electron chi connectivity index (χ4n) is 7.29. The molecule has 0 unspecified atom stereocenters. The van der Waals surface area contributed by atoms with E-state index in [0.717, 1.165) is 6.42 Å². The second kappa shape index (κ2) is 13.7. The number of allylic oxidation sites excluding steroid dienone is 5. The highest BCUT2D eigenvalue weighted by atomic mass is 14.3. The Kier molecular flexibility index (Phi) is 10.2. The third-order valence-electron chi connectivity index (χ3n) is 10.6. The minimum absolute atomic E-state index is 0.103. The molecule has 1 aliphatic rings. The smallest absolute Gasteiger partial charge is 0.0342 e. The van der Waals surface area contributed by atoms with Crippen molar-refractivity contribution in [3.63, 3.8) is 0 Å². The number of aryl methyl sites for hydroxylation is 2. The Bertz CT molecular complexity index is 1850. The molecule has 0 nitrogen and oxygen atoms in total. The summed E-state index contributed by atoms with van der Waals surface area (Å²) in [4.78, 5) is 0. The highest BCUT2D eigenvalue weighted by Crippen LogP contribution is 2.42. The van der Waals surface area contributed by atoms with E-state index in [1.165, 1.54) is 72.4 Å². The molecule has 50 heavy (non-hydrogen) atoms. The molecule has 0 radical (unpaired) electrons. The summed E-state index contributed by atoms with van der Waals surface area (Å²) in [6.45, 7) is 32.2. The molecule has 262 valence electrons. The van der Waals surface area contributed by atoms with Crippen LogP contribution < -0.4 is 0 Å². The van der Waals surface area contributed by atoms with Crippen LogP contribution in [0.2, 0.25) is 0 Å². The van der Waals surface area contributed by atoms with Crippen LogP contribution in [0.1, 0.15) is 151 Å². The van der Waals surface area contributed by atoms with Gasteiger partial charge in [-0.3, -0.25) is 0 Å². The molecular formula is C50H62. The van der Waals surface area contributed by atoms with E-state index < -0.39 is 0 Å². The first-order valence-corrected chi connectivity index (χ1v) is 18.7. The van der Waals surface area contributed by atoms with E-state index in [9.17, 15) is 0 Å². The maximum atomic E-state index is 2.53. The Morgan fingerprint density at radius 3 is 1.32 bits per heavy atom. The van der Waals surface area contributed by atoms with Crippen molar-refractivity contribution in [1.29, 1.82) is 0 Å². The molecule has 0 saturated carbocycles. The Labute approximate surface area is 305 Å². The molecule has 0 amide bonds. The molecule has 0 saturated heterocycles. The highest BCUT2D eigenvalue weighted by Gasteiger charge is 2.25. The van der Waals surface area contributed by atoms with Gasteiger partial charge in [0.15, 0.2) is 0 Å². The zero-order valence-electron chi connectivity index (χ0n) is 33.6. The van der Waals surface area contributed by atoms with Crippen LogP contribution in [0, 0.1) is 19.3 Å². The third-order valence-corrected chi connectivity index (χ3v) is 10.6. The normalized spacial score (nSPS) is 15.4. The number of hydrogen-bond donors (Lipinski definition) is 0. The van der Waals surface area contributed by atoms with Crippen LogP contribution in [0.3, 0.4) is 0 Å². The van der Waals surface area contributed by atoms with Crippen LogP contribution >= 0.6 is 0 Å². The first kappa shape index (κ1) is 37.4. The first-order valence-electron chi connectivity index (χ1n) is 18.7. The Morgan fingerprint density at radius 1 is 0.500 bits per heavy atom. The van der Waals surface area contributed by atoms with Crippen LogP contribution in [0.5, 0.6) is 0 Å². The van der Waals surface area contributed by atoms with E-state index in [1.54, 1.807) is 0 Å². The van der Waals surface area contributed by atoms with Crippen molar-refractivity contribution in [2.45, 2.75) is 126 Å². The lowest BCUT2D eigenvalue weighted by atomic mass is 9.77. The second-order valence-corrected chi connectivity index (χ2v) is 18.9. The maximum Gasteiger partial charge on any atom is 0.0342 e. The van der Waals surface area contributed by atoms with Gasteiger partial charge in [0, 0.05) is 5.92 Å². The fraction of sp³-hybridized carbons (Fsp3) is 0.400. The largest absolute Gasteiger partial charge is 0.0764 e. The molecule has 5 rings (SSSR count). The van der Waals surface area contributed by atoms with Gasteiger partial charge in [-0.05, 0) is 120 Å². The molecule has 4 aromatic carbocycles. The van der Waals surface area contributed by atoms with E-state index in [-0.39, 0.29) is 27.6 Å². The van der Waals surface area contributed by atoms with Gasteiger partial charge in [0.2, 0.25) is 0 Å². The summed E-state index contributed by atoms with van der Waals surface area (Å²) in [6.07, 6.45) is 8.11. The van der Waals surface area contributed by atoms with E-state index in [4.69, 9.17) is 0 Å². The lowest BCUT2D eigenvalue weighted by Gasteiger charge is -2.27. The van der Waals surface area contributed by atoms with Crippen LogP contribution in [0.4, 0.5) is 0 Å². The molecule has 0 atom stereocenters. The third kappa shape index (κ3) is 8.18. The van der Waals surface area contributed by atoms with Crippen LogP contribution in [0.15, 0.2) is 114 Å². The topological polar surface area (TPSA) is 0 Å². The zero-order chi connectivity index (χ0) is 36.8. The van der Waals surface area contributed by atoms with Gasteiger partial charge in [-0.2, -0.15) is 0 Å². The van der Waals surface area contributed by atoms with Crippen molar-refractivity contribution in [2.24, 2.45) is 5.41 Å². The average Bonchev–Trinajstić information content (AvgIpc) is 3.02. The number of rotatable bonds is 5. The van der Waals surface area contributed by atoms with Crippen LogP contribution in [0.25, 0.3) is 5.57 Å². The molecule has 0 aliphatic heterocycles. The molecule has 0 fully saturated rings. The lowest BCUT2D eigenvalue weighted by molar-refractivity contribution is 0.514. The Balaban J connectivity index is 1.75. The van der Waals surface area contributed by atoms with Gasteiger partial charge in [0.1, 0.15) is 0 Å². The standard InChI is InChI=1S/C50H62/c1-33-31-34(2)44(46(37-19-27-41(28-20-37)49(9,10)11)38-21-29-42(30-22-38)50(12,13)14)32-43(33)45(35-15-23-39(24-16-35)47(3,4)5)36-17-25-40(26-18-36)48(6,7)8/h15-21,23-32,45H,22H2,1-14H3/b46-38+. The minimum atomic E-state index is 0.103. The van der Waals surface area contributed by atoms with Gasteiger partial charge in [0.05, 0.1) is 0 Å². The lowest BCUT2D eigenvalue weighted by Crippen LogP contribution is -2.13. The van der Waals surface area contributed by atoms with Gasteiger partial charge < -0.3 is 0 Å². The Hall–Kier alpha value is -3.90. The van der Waals surface area contributed by atoms with Crippen LogP contribution in [-0.2, 0) is 16.2 Å². The Morgan fingerprint density at radius 2 is 0.940 bits per heavy atom. The van der Waals surface area contributed by atoms with Gasteiger partial charge in [-0.25, -0.2) is 0 Å². The van der Waals surface area contributed by atoms with Crippen molar-refractivity contribution in [2.75, 3.05) is 0 Å². The fourth-order valence-corrected chi connectivity index (χ4v) is 7.29. The van der Waals surface area contributed by atoms with Gasteiger partial charge in [-0.1, -0.05) is 180 Å². The SMILES string of the molecule is Cc1cc(C)c(C(c2ccc(C(C)(C)C)cc2)c2ccc(C(C)(C)C)cc2)cc1/C(=C1\C=CC(C(C)(C)C)=CC1)c1ccc(C(C)(C)C)cc1. The monoisotopic (exact) mass is 662 g/mol. The maximum absolute atomic E-state index is 2.53. The quantitative estimate of drug-likeness (QED) is 0.187. The number of hydrogen-bond acceptors (Lipinski definition) is 0. The van der Waals surface area contributed by atoms with Crippen molar-refractivity contribution in [3.8, 4) is 0 Å². The molecule has 1 aliphatic carbocycles. The van der Waals surface area contributed by atoms with Crippen LogP contribution in [-0.4, -0.2) is 0 Å². The summed E-state index contributed by atoms with van der Waals surface area (Å²) in [5.41, 5.74) is 17.9. The van der Waals surface area contributed by atoms with E-state index in [0.29, 0.717) is 0 Å². The molecule has 0 bridgehead atoms. The zero-order valence-corrected chi connectivity index (χ0v) is 33.6. The molecule has 4 aromatic rings. The minimum Gasteiger partial charge on any atom is -0.0764 e. The van der Waals surface area contributed by atoms with Crippen molar-refractivity contribution < 1.29 is 0 Å². The molecular weight excluding hydrogens is 601 g/mol. The van der Waals surface area contributed by atoms with Gasteiger partial charge in [0.25, 0.3) is 0 Å². The summed E-state index contributed by atoms with van der Waals surface area (Å²) in [6, 6.07) is 33.2.